The van der Waals surface area contributed by atoms with Crippen LogP contribution < -0.4 is 5.32 Å². The van der Waals surface area contributed by atoms with Crippen LogP contribution in [0.3, 0.4) is 0 Å². The molecule has 0 amide bonds. The molecule has 15 heavy (non-hydrogen) atoms. The van der Waals surface area contributed by atoms with Gasteiger partial charge in [-0.15, -0.1) is 0 Å². The Bertz CT molecular complexity index is 131. The van der Waals surface area contributed by atoms with Gasteiger partial charge in [0.25, 0.3) is 0 Å². The largest absolute Gasteiger partial charge is 0.316 e. The lowest BCUT2D eigenvalue weighted by atomic mass is 10.1. The number of rotatable bonds is 8. The molecular weight excluding hydrogens is 184 g/mol. The van der Waals surface area contributed by atoms with E-state index in [0.717, 1.165) is 5.92 Å². The highest BCUT2D eigenvalue weighted by atomic mass is 15.1. The number of nitrogens with zero attached hydrogens (tertiary/aromatic N) is 1. The third-order valence-electron chi connectivity index (χ3n) is 3.31. The Labute approximate surface area is 95.4 Å². The normalized spacial score (nSPS) is 22.4. The Hall–Kier alpha value is -0.0800. The summed E-state index contributed by atoms with van der Waals surface area (Å²) in [6.45, 7) is 10.9. The summed E-state index contributed by atoms with van der Waals surface area (Å²) in [6.07, 6.45) is 6.80. The van der Waals surface area contributed by atoms with Gasteiger partial charge < -0.3 is 10.2 Å². The van der Waals surface area contributed by atoms with Crippen molar-refractivity contribution in [1.29, 1.82) is 0 Å². The van der Waals surface area contributed by atoms with Crippen LogP contribution in [-0.4, -0.2) is 37.6 Å². The van der Waals surface area contributed by atoms with Gasteiger partial charge in [-0.1, -0.05) is 26.7 Å². The molecule has 0 bridgehead atoms. The van der Waals surface area contributed by atoms with Crippen molar-refractivity contribution in [3.63, 3.8) is 0 Å². The van der Waals surface area contributed by atoms with E-state index in [2.05, 4.69) is 24.1 Å². The third kappa shape index (κ3) is 5.53. The van der Waals surface area contributed by atoms with E-state index < -0.39 is 0 Å². The van der Waals surface area contributed by atoms with E-state index in [1.165, 1.54) is 64.8 Å². The molecule has 1 unspecified atom stereocenters. The summed E-state index contributed by atoms with van der Waals surface area (Å²) in [4.78, 5) is 2.65. The van der Waals surface area contributed by atoms with Gasteiger partial charge in [0.2, 0.25) is 0 Å². The molecule has 2 heteroatoms. The van der Waals surface area contributed by atoms with Gasteiger partial charge >= 0.3 is 0 Å². The van der Waals surface area contributed by atoms with Crippen molar-refractivity contribution in [2.24, 2.45) is 5.92 Å². The van der Waals surface area contributed by atoms with Crippen molar-refractivity contribution in [1.82, 2.24) is 10.2 Å². The highest BCUT2D eigenvalue weighted by molar-refractivity contribution is 4.76. The van der Waals surface area contributed by atoms with Crippen molar-refractivity contribution in [3.05, 3.63) is 0 Å². The lowest BCUT2D eigenvalue weighted by Gasteiger charge is -2.15. The molecule has 1 atom stereocenters. The van der Waals surface area contributed by atoms with Crippen LogP contribution >= 0.6 is 0 Å². The molecule has 1 aliphatic rings. The predicted molar refractivity (Wildman–Crippen MR) is 67.2 cm³/mol. The first-order chi connectivity index (χ1) is 7.36. The fourth-order valence-corrected chi connectivity index (χ4v) is 2.35. The van der Waals surface area contributed by atoms with Crippen LogP contribution in [0, 0.1) is 5.92 Å². The summed E-state index contributed by atoms with van der Waals surface area (Å²) in [6, 6.07) is 0. The summed E-state index contributed by atoms with van der Waals surface area (Å²) >= 11 is 0. The zero-order chi connectivity index (χ0) is 10.9. The van der Waals surface area contributed by atoms with Crippen LogP contribution in [0.4, 0.5) is 0 Å². The summed E-state index contributed by atoms with van der Waals surface area (Å²) in [5.41, 5.74) is 0. The summed E-state index contributed by atoms with van der Waals surface area (Å²) in [5, 5.41) is 3.54. The van der Waals surface area contributed by atoms with Gasteiger partial charge in [0.05, 0.1) is 0 Å². The molecule has 1 rings (SSSR count). The molecule has 0 radical (unpaired) electrons. The van der Waals surface area contributed by atoms with Crippen LogP contribution in [0.2, 0.25) is 0 Å². The van der Waals surface area contributed by atoms with Gasteiger partial charge in [0.1, 0.15) is 0 Å². The molecule has 1 N–H and O–H groups in total. The van der Waals surface area contributed by atoms with E-state index >= 15 is 0 Å². The van der Waals surface area contributed by atoms with Gasteiger partial charge in [-0.2, -0.15) is 0 Å². The van der Waals surface area contributed by atoms with Crippen molar-refractivity contribution >= 4 is 0 Å². The van der Waals surface area contributed by atoms with Crippen LogP contribution in [0.5, 0.6) is 0 Å². The van der Waals surface area contributed by atoms with E-state index in [1.54, 1.807) is 0 Å². The Balaban J connectivity index is 1.99. The van der Waals surface area contributed by atoms with E-state index in [1.807, 2.05) is 0 Å². The van der Waals surface area contributed by atoms with Gasteiger partial charge in [0.15, 0.2) is 0 Å². The number of nitrogens with one attached hydrogen (secondary N) is 1. The average Bonchev–Trinajstić information content (AvgIpc) is 2.67. The smallest absolute Gasteiger partial charge is 0.00223 e. The molecule has 0 aromatic rings. The van der Waals surface area contributed by atoms with Crippen molar-refractivity contribution < 1.29 is 0 Å². The summed E-state index contributed by atoms with van der Waals surface area (Å²) in [5.74, 6) is 0.915. The highest BCUT2D eigenvalue weighted by Gasteiger charge is 2.20. The second-order valence-electron chi connectivity index (χ2n) is 4.87. The molecule has 1 fully saturated rings. The minimum atomic E-state index is 0.915. The number of hydrogen-bond donors (Lipinski definition) is 1. The standard InChI is InChI=1S/C13H28N2/c1-3-5-6-9-15-10-7-13(12-15)11-14-8-4-2/h13-14H,3-12H2,1-2H3. The quantitative estimate of drug-likeness (QED) is 0.622. The van der Waals surface area contributed by atoms with Crippen molar-refractivity contribution in [2.75, 3.05) is 32.7 Å². The number of hydrogen-bond acceptors (Lipinski definition) is 2. The van der Waals surface area contributed by atoms with Gasteiger partial charge in [-0.05, 0) is 51.4 Å². The van der Waals surface area contributed by atoms with E-state index in [9.17, 15) is 0 Å². The molecule has 1 heterocycles. The Morgan fingerprint density at radius 3 is 2.80 bits per heavy atom. The maximum absolute atomic E-state index is 3.54. The lowest BCUT2D eigenvalue weighted by molar-refractivity contribution is 0.314. The fraction of sp³-hybridized carbons (Fsp3) is 1.00. The van der Waals surface area contributed by atoms with Crippen LogP contribution in [0.1, 0.15) is 46.0 Å². The van der Waals surface area contributed by atoms with Gasteiger partial charge in [0, 0.05) is 6.54 Å². The van der Waals surface area contributed by atoms with Crippen LogP contribution in [0.25, 0.3) is 0 Å². The van der Waals surface area contributed by atoms with Gasteiger partial charge in [-0.25, -0.2) is 0 Å². The minimum absolute atomic E-state index is 0.915. The van der Waals surface area contributed by atoms with Crippen LogP contribution in [-0.2, 0) is 0 Å². The van der Waals surface area contributed by atoms with E-state index in [-0.39, 0.29) is 0 Å². The molecule has 1 saturated heterocycles. The first-order valence-corrected chi connectivity index (χ1v) is 6.79. The molecule has 0 aliphatic carbocycles. The first-order valence-electron chi connectivity index (χ1n) is 6.79. The third-order valence-corrected chi connectivity index (χ3v) is 3.31. The summed E-state index contributed by atoms with van der Waals surface area (Å²) < 4.78 is 0. The molecule has 0 aromatic carbocycles. The van der Waals surface area contributed by atoms with E-state index in [0.29, 0.717) is 0 Å². The SMILES string of the molecule is CCCCCN1CCC(CNCCC)C1. The molecular formula is C13H28N2. The maximum atomic E-state index is 3.54. The Morgan fingerprint density at radius 1 is 1.20 bits per heavy atom. The second kappa shape index (κ2) is 8.12. The Morgan fingerprint density at radius 2 is 2.07 bits per heavy atom. The second-order valence-corrected chi connectivity index (χ2v) is 4.87. The Kier molecular flexibility index (Phi) is 7.03. The molecule has 0 aromatic heterocycles. The van der Waals surface area contributed by atoms with E-state index in [4.69, 9.17) is 0 Å². The first kappa shape index (κ1) is 13.0. The molecule has 0 saturated carbocycles. The molecule has 1 aliphatic heterocycles. The highest BCUT2D eigenvalue weighted by Crippen LogP contribution is 2.15. The molecule has 0 spiro atoms. The topological polar surface area (TPSA) is 15.3 Å². The molecule has 90 valence electrons. The fourth-order valence-electron chi connectivity index (χ4n) is 2.35. The summed E-state index contributed by atoms with van der Waals surface area (Å²) in [7, 11) is 0. The number of unbranched alkanes of at least 4 members (excludes halogenated alkanes) is 2. The molecule has 2 nitrogen and oxygen atoms in total. The average molecular weight is 212 g/mol. The number of likely N-dealkylation sites (tertiary alicyclic amines) is 1. The predicted octanol–water partition coefficient (Wildman–Crippen LogP) is 2.50. The van der Waals surface area contributed by atoms with Gasteiger partial charge in [-0.3, -0.25) is 0 Å². The van der Waals surface area contributed by atoms with Crippen molar-refractivity contribution in [3.8, 4) is 0 Å². The maximum Gasteiger partial charge on any atom is 0.00223 e. The minimum Gasteiger partial charge on any atom is -0.316 e. The monoisotopic (exact) mass is 212 g/mol. The van der Waals surface area contributed by atoms with Crippen LogP contribution in [0.15, 0.2) is 0 Å². The van der Waals surface area contributed by atoms with Crippen molar-refractivity contribution in [2.45, 2.75) is 46.0 Å². The lowest BCUT2D eigenvalue weighted by Crippen LogP contribution is -2.27. The zero-order valence-electron chi connectivity index (χ0n) is 10.6. The zero-order valence-corrected chi connectivity index (χ0v) is 10.6.